The maximum absolute atomic E-state index is 12.2. The molecule has 3 N–H and O–H groups in total. The van der Waals surface area contributed by atoms with Crippen LogP contribution in [0.1, 0.15) is 42.3 Å². The van der Waals surface area contributed by atoms with Crippen molar-refractivity contribution in [2.75, 3.05) is 23.4 Å². The second kappa shape index (κ2) is 9.35. The van der Waals surface area contributed by atoms with Gasteiger partial charge in [0.2, 0.25) is 5.91 Å². The zero-order chi connectivity index (χ0) is 19.9. The number of thiazole rings is 1. The van der Waals surface area contributed by atoms with Gasteiger partial charge in [0, 0.05) is 24.0 Å². The van der Waals surface area contributed by atoms with Crippen molar-refractivity contribution < 1.29 is 14.7 Å². The number of aliphatic hydroxyl groups is 1. The molecule has 2 heterocycles. The summed E-state index contributed by atoms with van der Waals surface area (Å²) in [6.07, 6.45) is 8.82. The van der Waals surface area contributed by atoms with Crippen molar-refractivity contribution >= 4 is 34.8 Å². The standard InChI is InChI=1S/C20H22N4O3S/c1-2-18-22-17(13-28-18)23-20(27)21-16(12-25)14-7-9-15(10-8-14)24-11-5-3-4-6-19(24)26/h1,7-10,13,16,25H,3-6,11-12H2,(H2,21,23,27). The molecule has 8 heteroatoms. The molecule has 0 saturated carbocycles. The highest BCUT2D eigenvalue weighted by atomic mass is 32.1. The maximum atomic E-state index is 12.2. The SMILES string of the molecule is C#Cc1nc(NC(=O)NC(CO)c2ccc(N3CCCCCC3=O)cc2)cs1. The predicted molar refractivity (Wildman–Crippen MR) is 109 cm³/mol. The van der Waals surface area contributed by atoms with E-state index in [2.05, 4.69) is 21.5 Å². The number of nitrogens with zero attached hydrogens (tertiary/aromatic N) is 2. The third-order valence-electron chi connectivity index (χ3n) is 4.54. The van der Waals surface area contributed by atoms with E-state index in [1.54, 1.807) is 10.3 Å². The van der Waals surface area contributed by atoms with Gasteiger partial charge >= 0.3 is 6.03 Å². The lowest BCUT2D eigenvalue weighted by atomic mass is 10.1. The number of carbonyl (C=O) groups excluding carboxylic acids is 2. The molecular formula is C20H22N4O3S. The van der Waals surface area contributed by atoms with Gasteiger partial charge in [0.1, 0.15) is 5.82 Å². The highest BCUT2D eigenvalue weighted by Crippen LogP contribution is 2.23. The number of urea groups is 1. The molecule has 0 aliphatic carbocycles. The van der Waals surface area contributed by atoms with Gasteiger partial charge in [0.25, 0.3) is 0 Å². The lowest BCUT2D eigenvalue weighted by Crippen LogP contribution is -2.34. The molecule has 1 aromatic heterocycles. The molecule has 1 atom stereocenters. The second-order valence-electron chi connectivity index (χ2n) is 6.46. The Labute approximate surface area is 167 Å². The van der Waals surface area contributed by atoms with Crippen LogP contribution < -0.4 is 15.5 Å². The summed E-state index contributed by atoms with van der Waals surface area (Å²) in [6.45, 7) is 0.456. The molecule has 3 rings (SSSR count). The summed E-state index contributed by atoms with van der Waals surface area (Å²) in [5.74, 6) is 2.90. The minimum Gasteiger partial charge on any atom is -0.394 e. The number of aliphatic hydroxyl groups excluding tert-OH is 1. The van der Waals surface area contributed by atoms with Crippen molar-refractivity contribution in [1.82, 2.24) is 10.3 Å². The summed E-state index contributed by atoms with van der Waals surface area (Å²) in [6, 6.07) is 6.25. The normalized spacial score (nSPS) is 15.4. The number of hydrogen-bond acceptors (Lipinski definition) is 5. The minimum absolute atomic E-state index is 0.135. The average molecular weight is 398 g/mol. The van der Waals surface area contributed by atoms with Crippen LogP contribution in [-0.2, 0) is 4.79 Å². The van der Waals surface area contributed by atoms with Crippen molar-refractivity contribution in [3.8, 4) is 12.3 Å². The van der Waals surface area contributed by atoms with Crippen LogP contribution in [0, 0.1) is 12.3 Å². The van der Waals surface area contributed by atoms with Gasteiger partial charge in [-0.1, -0.05) is 18.6 Å². The summed E-state index contributed by atoms with van der Waals surface area (Å²) in [5, 5.41) is 17.1. The molecule has 1 aromatic carbocycles. The van der Waals surface area contributed by atoms with Gasteiger partial charge in [-0.15, -0.1) is 17.8 Å². The van der Waals surface area contributed by atoms with Crippen molar-refractivity contribution in [2.24, 2.45) is 0 Å². The number of carbonyl (C=O) groups is 2. The molecule has 0 spiro atoms. The Morgan fingerprint density at radius 2 is 2.11 bits per heavy atom. The Balaban J connectivity index is 1.64. The number of anilines is 2. The van der Waals surface area contributed by atoms with Gasteiger partial charge < -0.3 is 15.3 Å². The van der Waals surface area contributed by atoms with Gasteiger partial charge in [0.05, 0.1) is 12.6 Å². The Morgan fingerprint density at radius 3 is 2.79 bits per heavy atom. The van der Waals surface area contributed by atoms with Crippen LogP contribution in [0.25, 0.3) is 0 Å². The Kier molecular flexibility index (Phi) is 6.63. The summed E-state index contributed by atoms with van der Waals surface area (Å²) in [7, 11) is 0. The summed E-state index contributed by atoms with van der Waals surface area (Å²) in [5.41, 5.74) is 1.58. The van der Waals surface area contributed by atoms with Crippen LogP contribution in [-0.4, -0.2) is 35.2 Å². The van der Waals surface area contributed by atoms with Crippen LogP contribution >= 0.6 is 11.3 Å². The summed E-state index contributed by atoms with van der Waals surface area (Å²) in [4.78, 5) is 30.3. The fourth-order valence-corrected chi connectivity index (χ4v) is 3.64. The smallest absolute Gasteiger partial charge is 0.320 e. The fourth-order valence-electron chi connectivity index (χ4n) is 3.08. The number of rotatable bonds is 5. The zero-order valence-corrected chi connectivity index (χ0v) is 16.2. The molecule has 1 saturated heterocycles. The first-order chi connectivity index (χ1) is 13.6. The average Bonchev–Trinajstić information content (AvgIpc) is 3.05. The van der Waals surface area contributed by atoms with Crippen LogP contribution in [0.3, 0.4) is 0 Å². The van der Waals surface area contributed by atoms with Gasteiger partial charge in [0.15, 0.2) is 5.01 Å². The lowest BCUT2D eigenvalue weighted by Gasteiger charge is -2.22. The van der Waals surface area contributed by atoms with E-state index in [-0.39, 0.29) is 12.5 Å². The minimum atomic E-state index is -0.584. The predicted octanol–water partition coefficient (Wildman–Crippen LogP) is 2.89. The number of aromatic nitrogens is 1. The van der Waals surface area contributed by atoms with Gasteiger partial charge in [-0.2, -0.15) is 0 Å². The Bertz CT molecular complexity index is 872. The number of amides is 3. The van der Waals surface area contributed by atoms with E-state index < -0.39 is 12.1 Å². The zero-order valence-electron chi connectivity index (χ0n) is 15.4. The van der Waals surface area contributed by atoms with E-state index in [1.807, 2.05) is 24.3 Å². The highest BCUT2D eigenvalue weighted by Gasteiger charge is 2.19. The number of nitrogens with one attached hydrogen (secondary N) is 2. The quantitative estimate of drug-likeness (QED) is 0.675. The van der Waals surface area contributed by atoms with E-state index in [1.165, 1.54) is 11.3 Å². The van der Waals surface area contributed by atoms with Gasteiger partial charge in [-0.3, -0.25) is 10.1 Å². The van der Waals surface area contributed by atoms with E-state index in [4.69, 9.17) is 6.42 Å². The molecule has 1 aliphatic heterocycles. The van der Waals surface area contributed by atoms with Crippen LogP contribution in [0.2, 0.25) is 0 Å². The molecule has 0 bridgehead atoms. The number of hydrogen-bond donors (Lipinski definition) is 3. The second-order valence-corrected chi connectivity index (χ2v) is 7.32. The molecule has 1 unspecified atom stereocenters. The van der Waals surface area contributed by atoms with Gasteiger partial charge in [-0.05, 0) is 36.5 Å². The Morgan fingerprint density at radius 1 is 1.32 bits per heavy atom. The highest BCUT2D eigenvalue weighted by molar-refractivity contribution is 7.10. The maximum Gasteiger partial charge on any atom is 0.320 e. The molecule has 1 fully saturated rings. The van der Waals surface area contributed by atoms with Gasteiger partial charge in [-0.25, -0.2) is 9.78 Å². The van der Waals surface area contributed by atoms with Crippen LogP contribution in [0.5, 0.6) is 0 Å². The van der Waals surface area contributed by atoms with E-state index >= 15 is 0 Å². The van der Waals surface area contributed by atoms with E-state index in [9.17, 15) is 14.7 Å². The monoisotopic (exact) mass is 398 g/mol. The fraction of sp³-hybridized carbons (Fsp3) is 0.350. The molecular weight excluding hydrogens is 376 g/mol. The van der Waals surface area contributed by atoms with Crippen molar-refractivity contribution in [1.29, 1.82) is 0 Å². The molecule has 0 radical (unpaired) electrons. The molecule has 7 nitrogen and oxygen atoms in total. The molecule has 3 amide bonds. The summed E-state index contributed by atoms with van der Waals surface area (Å²) < 4.78 is 0. The molecule has 2 aromatic rings. The first-order valence-corrected chi connectivity index (χ1v) is 9.99. The summed E-state index contributed by atoms with van der Waals surface area (Å²) >= 11 is 1.26. The third kappa shape index (κ3) is 4.88. The van der Waals surface area contributed by atoms with E-state index in [0.717, 1.165) is 37.1 Å². The van der Waals surface area contributed by atoms with E-state index in [0.29, 0.717) is 17.2 Å². The van der Waals surface area contributed by atoms with Crippen molar-refractivity contribution in [3.63, 3.8) is 0 Å². The topological polar surface area (TPSA) is 94.6 Å². The molecule has 28 heavy (non-hydrogen) atoms. The largest absolute Gasteiger partial charge is 0.394 e. The van der Waals surface area contributed by atoms with Crippen LogP contribution in [0.15, 0.2) is 29.6 Å². The number of terminal acetylenes is 1. The van der Waals surface area contributed by atoms with Crippen molar-refractivity contribution in [2.45, 2.75) is 31.7 Å². The number of benzene rings is 1. The van der Waals surface area contributed by atoms with Crippen molar-refractivity contribution in [3.05, 3.63) is 40.2 Å². The molecule has 1 aliphatic rings. The Hall–Kier alpha value is -2.89. The molecule has 146 valence electrons. The first-order valence-electron chi connectivity index (χ1n) is 9.11. The third-order valence-corrected chi connectivity index (χ3v) is 5.31. The first kappa shape index (κ1) is 19.9. The van der Waals surface area contributed by atoms with Crippen LogP contribution in [0.4, 0.5) is 16.3 Å². The lowest BCUT2D eigenvalue weighted by molar-refractivity contribution is -0.118.